The van der Waals surface area contributed by atoms with Gasteiger partial charge in [0, 0.05) is 48.9 Å². The largest absolute Gasteiger partial charge is 0.493 e. The molecule has 3 aliphatic rings. The fourth-order valence-corrected chi connectivity index (χ4v) is 4.49. The number of nitrogens with zero attached hydrogens (tertiary/aromatic N) is 1. The number of hydrogen-bond acceptors (Lipinski definition) is 6. The summed E-state index contributed by atoms with van der Waals surface area (Å²) in [5.74, 6) is 1.70. The number of rotatable bonds is 3. The second kappa shape index (κ2) is 6.97. The summed E-state index contributed by atoms with van der Waals surface area (Å²) in [5, 5.41) is 9.68. The molecular weight excluding hydrogens is 357 g/mol. The van der Waals surface area contributed by atoms with Gasteiger partial charge in [-0.3, -0.25) is 4.98 Å². The molecule has 1 saturated heterocycles. The SMILES string of the molecule is COc1ccc(-c2cncc([C@@H]3COB(O)C3)c2)c2c1OC1(CCCCC1)O2. The first kappa shape index (κ1) is 17.8. The summed E-state index contributed by atoms with van der Waals surface area (Å²) >= 11 is 0. The first-order chi connectivity index (χ1) is 13.7. The quantitative estimate of drug-likeness (QED) is 0.816. The molecule has 1 atom stereocenters. The van der Waals surface area contributed by atoms with Gasteiger partial charge in [-0.05, 0) is 42.9 Å². The molecule has 2 aromatic rings. The number of aromatic nitrogens is 1. The molecule has 6 nitrogen and oxygen atoms in total. The van der Waals surface area contributed by atoms with Crippen molar-refractivity contribution in [1.82, 2.24) is 4.98 Å². The molecule has 1 N–H and O–H groups in total. The summed E-state index contributed by atoms with van der Waals surface area (Å²) in [6.07, 6.45) is 9.48. The van der Waals surface area contributed by atoms with Crippen molar-refractivity contribution in [3.8, 4) is 28.4 Å². The zero-order chi connectivity index (χ0) is 19.1. The van der Waals surface area contributed by atoms with Crippen LogP contribution in [0.25, 0.3) is 11.1 Å². The average molecular weight is 381 g/mol. The van der Waals surface area contributed by atoms with E-state index in [-0.39, 0.29) is 5.92 Å². The summed E-state index contributed by atoms with van der Waals surface area (Å²) in [6, 6.07) is 6.04. The van der Waals surface area contributed by atoms with Crippen molar-refractivity contribution in [3.63, 3.8) is 0 Å². The molecule has 146 valence electrons. The Morgan fingerprint density at radius 2 is 1.96 bits per heavy atom. The highest BCUT2D eigenvalue weighted by Gasteiger charge is 2.45. The summed E-state index contributed by atoms with van der Waals surface area (Å²) in [5.41, 5.74) is 2.98. The van der Waals surface area contributed by atoms with Crippen LogP contribution in [0.15, 0.2) is 30.6 Å². The lowest BCUT2D eigenvalue weighted by Gasteiger charge is -2.31. The van der Waals surface area contributed by atoms with Crippen LogP contribution in [0, 0.1) is 0 Å². The summed E-state index contributed by atoms with van der Waals surface area (Å²) in [4.78, 5) is 4.44. The minimum Gasteiger partial charge on any atom is -0.493 e. The summed E-state index contributed by atoms with van der Waals surface area (Å²) in [6.45, 7) is 0.510. The predicted molar refractivity (Wildman–Crippen MR) is 105 cm³/mol. The van der Waals surface area contributed by atoms with Crippen LogP contribution in [0.4, 0.5) is 0 Å². The molecule has 1 saturated carbocycles. The fourth-order valence-electron chi connectivity index (χ4n) is 4.49. The number of pyridine rings is 1. The van der Waals surface area contributed by atoms with E-state index in [0.717, 1.165) is 48.1 Å². The molecule has 3 heterocycles. The maximum absolute atomic E-state index is 9.68. The van der Waals surface area contributed by atoms with Gasteiger partial charge in [0.05, 0.1) is 7.11 Å². The van der Waals surface area contributed by atoms with Crippen LogP contribution in [-0.4, -0.2) is 36.6 Å². The van der Waals surface area contributed by atoms with E-state index in [1.165, 1.54) is 6.42 Å². The van der Waals surface area contributed by atoms with Gasteiger partial charge < -0.3 is 23.9 Å². The molecule has 2 fully saturated rings. The van der Waals surface area contributed by atoms with Gasteiger partial charge >= 0.3 is 7.12 Å². The third kappa shape index (κ3) is 3.03. The molecule has 1 aromatic heterocycles. The topological polar surface area (TPSA) is 70.0 Å². The Kier molecular flexibility index (Phi) is 4.44. The highest BCUT2D eigenvalue weighted by molar-refractivity contribution is 6.43. The summed E-state index contributed by atoms with van der Waals surface area (Å²) < 4.78 is 23.6. The molecule has 2 aliphatic heterocycles. The normalized spacial score (nSPS) is 22.6. The van der Waals surface area contributed by atoms with E-state index in [0.29, 0.717) is 24.4 Å². The smallest absolute Gasteiger partial charge is 0.454 e. The van der Waals surface area contributed by atoms with Gasteiger partial charge in [-0.25, -0.2) is 0 Å². The van der Waals surface area contributed by atoms with E-state index in [1.807, 2.05) is 24.5 Å². The van der Waals surface area contributed by atoms with Crippen molar-refractivity contribution in [2.45, 2.75) is 50.1 Å². The molecule has 0 bridgehead atoms. The monoisotopic (exact) mass is 381 g/mol. The van der Waals surface area contributed by atoms with E-state index in [9.17, 15) is 5.02 Å². The van der Waals surface area contributed by atoms with Crippen LogP contribution in [0.1, 0.15) is 43.6 Å². The van der Waals surface area contributed by atoms with Crippen LogP contribution in [0.3, 0.4) is 0 Å². The first-order valence-corrected chi connectivity index (χ1v) is 10.0. The van der Waals surface area contributed by atoms with Crippen LogP contribution in [-0.2, 0) is 4.65 Å². The van der Waals surface area contributed by atoms with Gasteiger partial charge in [0.1, 0.15) is 0 Å². The van der Waals surface area contributed by atoms with Crippen LogP contribution in [0.5, 0.6) is 17.2 Å². The maximum Gasteiger partial charge on any atom is 0.454 e. The van der Waals surface area contributed by atoms with Crippen molar-refractivity contribution in [2.75, 3.05) is 13.7 Å². The number of methoxy groups -OCH3 is 1. The minimum atomic E-state index is -0.693. The van der Waals surface area contributed by atoms with Crippen molar-refractivity contribution >= 4 is 7.12 Å². The molecule has 7 heteroatoms. The van der Waals surface area contributed by atoms with Crippen molar-refractivity contribution < 1.29 is 23.9 Å². The van der Waals surface area contributed by atoms with Gasteiger partial charge in [-0.2, -0.15) is 0 Å². The third-order valence-electron chi connectivity index (χ3n) is 6.01. The molecule has 0 radical (unpaired) electrons. The Labute approximate surface area is 164 Å². The third-order valence-corrected chi connectivity index (χ3v) is 6.01. The molecule has 1 spiro atoms. The van der Waals surface area contributed by atoms with Crippen LogP contribution < -0.4 is 14.2 Å². The van der Waals surface area contributed by atoms with E-state index < -0.39 is 12.9 Å². The molecular formula is C21H24BNO5. The Balaban J connectivity index is 1.53. The van der Waals surface area contributed by atoms with Gasteiger partial charge in [0.15, 0.2) is 11.5 Å². The van der Waals surface area contributed by atoms with E-state index in [1.54, 1.807) is 7.11 Å². The first-order valence-electron chi connectivity index (χ1n) is 10.0. The van der Waals surface area contributed by atoms with Crippen LogP contribution >= 0.6 is 0 Å². The number of ether oxygens (including phenoxy) is 3. The molecule has 0 amide bonds. The van der Waals surface area contributed by atoms with Gasteiger partial charge in [-0.1, -0.05) is 6.42 Å². The van der Waals surface area contributed by atoms with Crippen LogP contribution in [0.2, 0.25) is 6.32 Å². The van der Waals surface area contributed by atoms with Gasteiger partial charge in [0.2, 0.25) is 5.75 Å². The predicted octanol–water partition coefficient (Wildman–Crippen LogP) is 3.78. The zero-order valence-electron chi connectivity index (χ0n) is 16.0. The lowest BCUT2D eigenvalue weighted by molar-refractivity contribution is -0.105. The second-order valence-electron chi connectivity index (χ2n) is 7.88. The standard InChI is InChI=1S/C21H24BNO5/c1-25-18-6-5-17(19-20(18)28-21(27-19)7-3-2-4-8-21)15-9-14(11-23-12-15)16-10-22(24)26-13-16/h5-6,9,11-12,16,24H,2-4,7-8,10,13H2,1H3/t16-/m0/s1. The molecule has 5 rings (SSSR count). The maximum atomic E-state index is 9.68. The lowest BCUT2D eigenvalue weighted by Crippen LogP contribution is -2.40. The van der Waals surface area contributed by atoms with E-state index in [4.69, 9.17) is 18.9 Å². The van der Waals surface area contributed by atoms with E-state index in [2.05, 4.69) is 11.1 Å². The number of fused-ring (bicyclic) bond motifs is 1. The van der Waals surface area contributed by atoms with E-state index >= 15 is 0 Å². The summed E-state index contributed by atoms with van der Waals surface area (Å²) in [7, 11) is 0.958. The highest BCUT2D eigenvalue weighted by atomic mass is 16.7. The Hall–Kier alpha value is -2.25. The number of hydrogen-bond donors (Lipinski definition) is 1. The van der Waals surface area contributed by atoms with Crippen molar-refractivity contribution in [3.05, 3.63) is 36.2 Å². The van der Waals surface area contributed by atoms with Gasteiger partial charge in [-0.15, -0.1) is 0 Å². The highest BCUT2D eigenvalue weighted by Crippen LogP contribution is 2.54. The minimum absolute atomic E-state index is 0.149. The van der Waals surface area contributed by atoms with Crippen molar-refractivity contribution in [1.29, 1.82) is 0 Å². The Morgan fingerprint density at radius 3 is 2.71 bits per heavy atom. The zero-order valence-corrected chi connectivity index (χ0v) is 16.0. The molecule has 0 unspecified atom stereocenters. The second-order valence-corrected chi connectivity index (χ2v) is 7.88. The molecule has 1 aromatic carbocycles. The Morgan fingerprint density at radius 1 is 1.14 bits per heavy atom. The molecule has 1 aliphatic carbocycles. The van der Waals surface area contributed by atoms with Crippen molar-refractivity contribution in [2.24, 2.45) is 0 Å². The fraction of sp³-hybridized carbons (Fsp3) is 0.476. The van der Waals surface area contributed by atoms with Gasteiger partial charge in [0.25, 0.3) is 5.79 Å². The lowest BCUT2D eigenvalue weighted by atomic mass is 9.80. The Bertz CT molecular complexity index is 883. The number of benzene rings is 1. The average Bonchev–Trinajstić information content (AvgIpc) is 3.31. The molecule has 28 heavy (non-hydrogen) atoms.